The summed E-state index contributed by atoms with van der Waals surface area (Å²) in [6.07, 6.45) is 3.47. The number of carbonyl (C=O) groups is 1. The number of halogens is 1. The lowest BCUT2D eigenvalue weighted by Crippen LogP contribution is -2.40. The van der Waals surface area contributed by atoms with Crippen LogP contribution >= 0.6 is 22.9 Å². The highest BCUT2D eigenvalue weighted by molar-refractivity contribution is 7.10. The lowest BCUT2D eigenvalue weighted by molar-refractivity contribution is -0.131. The lowest BCUT2D eigenvalue weighted by Gasteiger charge is -2.23. The van der Waals surface area contributed by atoms with Crippen molar-refractivity contribution in [1.82, 2.24) is 14.7 Å². The first-order valence-corrected chi connectivity index (χ1v) is 9.42. The van der Waals surface area contributed by atoms with Gasteiger partial charge in [-0.25, -0.2) is 0 Å². The predicted molar refractivity (Wildman–Crippen MR) is 91.5 cm³/mol. The molecule has 1 amide bonds. The first-order chi connectivity index (χ1) is 10.7. The Bertz CT molecular complexity index is 501. The second-order valence-electron chi connectivity index (χ2n) is 6.22. The van der Waals surface area contributed by atoms with E-state index in [4.69, 9.17) is 11.6 Å². The monoisotopic (exact) mass is 341 g/mol. The van der Waals surface area contributed by atoms with Gasteiger partial charge in [0.25, 0.3) is 0 Å². The van der Waals surface area contributed by atoms with Gasteiger partial charge < -0.3 is 4.90 Å². The molecule has 3 heterocycles. The largest absolute Gasteiger partial charge is 0.342 e. The number of thiophene rings is 1. The van der Waals surface area contributed by atoms with Crippen molar-refractivity contribution in [2.75, 3.05) is 45.8 Å². The summed E-state index contributed by atoms with van der Waals surface area (Å²) in [6.45, 7) is 7.63. The number of likely N-dealkylation sites (tertiary alicyclic amines) is 1. The number of nitrogens with zero attached hydrogens (tertiary/aromatic N) is 3. The summed E-state index contributed by atoms with van der Waals surface area (Å²) < 4.78 is 0. The van der Waals surface area contributed by atoms with Crippen LogP contribution in [0, 0.1) is 0 Å². The van der Waals surface area contributed by atoms with E-state index in [-0.39, 0.29) is 0 Å². The Morgan fingerprint density at radius 2 is 1.77 bits per heavy atom. The zero-order valence-electron chi connectivity index (χ0n) is 13.0. The molecular weight excluding hydrogens is 318 g/mol. The average molecular weight is 342 g/mol. The van der Waals surface area contributed by atoms with Crippen molar-refractivity contribution in [3.63, 3.8) is 0 Å². The van der Waals surface area contributed by atoms with E-state index in [9.17, 15) is 4.79 Å². The third-order valence-corrected chi connectivity index (χ3v) is 5.77. The molecule has 3 rings (SSSR count). The third kappa shape index (κ3) is 4.44. The molecule has 0 spiro atoms. The van der Waals surface area contributed by atoms with Gasteiger partial charge in [-0.2, -0.15) is 0 Å². The smallest absolute Gasteiger partial charge is 0.236 e. The molecule has 0 aromatic carbocycles. The molecule has 2 aliphatic heterocycles. The molecule has 4 nitrogen and oxygen atoms in total. The van der Waals surface area contributed by atoms with Crippen LogP contribution < -0.4 is 0 Å². The van der Waals surface area contributed by atoms with Crippen LogP contribution in [0.5, 0.6) is 0 Å². The quantitative estimate of drug-likeness (QED) is 0.842. The van der Waals surface area contributed by atoms with Crippen LogP contribution in [-0.4, -0.2) is 66.4 Å². The van der Waals surface area contributed by atoms with Crippen molar-refractivity contribution in [2.45, 2.75) is 25.8 Å². The van der Waals surface area contributed by atoms with Gasteiger partial charge in [0.05, 0.1) is 11.6 Å². The number of carbonyl (C=O) groups excluding carboxylic acids is 1. The van der Waals surface area contributed by atoms with Crippen LogP contribution in [0.1, 0.15) is 24.1 Å². The first-order valence-electron chi connectivity index (χ1n) is 8.16. The maximum atomic E-state index is 12.3. The van der Waals surface area contributed by atoms with Crippen molar-refractivity contribution < 1.29 is 4.79 Å². The van der Waals surface area contributed by atoms with Crippen molar-refractivity contribution in [2.24, 2.45) is 0 Å². The molecule has 0 bridgehead atoms. The van der Waals surface area contributed by atoms with Gasteiger partial charge in [-0.1, -0.05) is 11.6 Å². The predicted octanol–water partition coefficient (Wildman–Crippen LogP) is 2.53. The van der Waals surface area contributed by atoms with Crippen molar-refractivity contribution in [3.05, 3.63) is 21.3 Å². The minimum atomic E-state index is 0.316. The number of hydrogen-bond acceptors (Lipinski definition) is 4. The molecule has 122 valence electrons. The maximum absolute atomic E-state index is 12.3. The van der Waals surface area contributed by atoms with Crippen molar-refractivity contribution >= 4 is 28.8 Å². The fourth-order valence-corrected chi connectivity index (χ4v) is 4.37. The Morgan fingerprint density at radius 1 is 1.05 bits per heavy atom. The van der Waals surface area contributed by atoms with Gasteiger partial charge in [0.2, 0.25) is 5.91 Å². The lowest BCUT2D eigenvalue weighted by atomic mass is 10.3. The van der Waals surface area contributed by atoms with Gasteiger partial charge in [0.15, 0.2) is 0 Å². The van der Waals surface area contributed by atoms with E-state index in [2.05, 4.69) is 15.9 Å². The second-order valence-corrected chi connectivity index (χ2v) is 7.66. The number of amides is 1. The number of rotatable bonds is 4. The molecule has 2 aliphatic rings. The molecule has 0 unspecified atom stereocenters. The standard InChI is InChI=1S/C16H24ClN3OS/c17-14-10-15(22-13-14)11-18-4-3-5-19(9-8-18)12-16(21)20-6-1-2-7-20/h10,13H,1-9,11-12H2. The summed E-state index contributed by atoms with van der Waals surface area (Å²) in [4.78, 5) is 20.4. The van der Waals surface area contributed by atoms with E-state index < -0.39 is 0 Å². The van der Waals surface area contributed by atoms with Crippen LogP contribution in [0.15, 0.2) is 11.4 Å². The number of hydrogen-bond donors (Lipinski definition) is 0. The minimum absolute atomic E-state index is 0.316. The molecule has 0 N–H and O–H groups in total. The Hall–Kier alpha value is -0.620. The highest BCUT2D eigenvalue weighted by atomic mass is 35.5. The molecule has 0 aliphatic carbocycles. The first kappa shape index (κ1) is 16.2. The van der Waals surface area contributed by atoms with Gasteiger partial charge in [-0.3, -0.25) is 14.6 Å². The highest BCUT2D eigenvalue weighted by Crippen LogP contribution is 2.21. The van der Waals surface area contributed by atoms with E-state index in [0.29, 0.717) is 12.5 Å². The van der Waals surface area contributed by atoms with E-state index >= 15 is 0 Å². The molecule has 2 saturated heterocycles. The van der Waals surface area contributed by atoms with Crippen molar-refractivity contribution in [1.29, 1.82) is 0 Å². The van der Waals surface area contributed by atoms with Gasteiger partial charge in [0, 0.05) is 43.0 Å². The molecule has 0 saturated carbocycles. The molecule has 1 aromatic heterocycles. The van der Waals surface area contributed by atoms with Gasteiger partial charge in [-0.05, 0) is 38.4 Å². The van der Waals surface area contributed by atoms with Crippen LogP contribution in [0.25, 0.3) is 0 Å². The fraction of sp³-hybridized carbons (Fsp3) is 0.688. The van der Waals surface area contributed by atoms with E-state index in [1.807, 2.05) is 10.3 Å². The summed E-state index contributed by atoms with van der Waals surface area (Å²) in [5.41, 5.74) is 0. The van der Waals surface area contributed by atoms with Crippen LogP contribution in [0.2, 0.25) is 5.02 Å². The summed E-state index contributed by atoms with van der Waals surface area (Å²) in [5, 5.41) is 2.84. The van der Waals surface area contributed by atoms with E-state index in [1.54, 1.807) is 11.3 Å². The fourth-order valence-electron chi connectivity index (χ4n) is 3.26. The summed E-state index contributed by atoms with van der Waals surface area (Å²) in [5.74, 6) is 0.316. The average Bonchev–Trinajstić information content (AvgIpc) is 3.11. The maximum Gasteiger partial charge on any atom is 0.236 e. The SMILES string of the molecule is O=C(CN1CCCN(Cc2cc(Cl)cs2)CC1)N1CCCC1. The molecule has 2 fully saturated rings. The van der Waals surface area contributed by atoms with E-state index in [0.717, 1.165) is 57.3 Å². The zero-order valence-corrected chi connectivity index (χ0v) is 14.5. The van der Waals surface area contributed by atoms with Crippen LogP contribution in [0.3, 0.4) is 0 Å². The molecule has 0 atom stereocenters. The zero-order chi connectivity index (χ0) is 15.4. The molecule has 1 aromatic rings. The Balaban J connectivity index is 1.46. The highest BCUT2D eigenvalue weighted by Gasteiger charge is 2.22. The van der Waals surface area contributed by atoms with Crippen LogP contribution in [-0.2, 0) is 11.3 Å². The molecule has 6 heteroatoms. The molecular formula is C16H24ClN3OS. The van der Waals surface area contributed by atoms with E-state index in [1.165, 1.54) is 17.7 Å². The summed E-state index contributed by atoms with van der Waals surface area (Å²) in [7, 11) is 0. The molecule has 0 radical (unpaired) electrons. The van der Waals surface area contributed by atoms with Crippen molar-refractivity contribution in [3.8, 4) is 0 Å². The topological polar surface area (TPSA) is 26.8 Å². The van der Waals surface area contributed by atoms with Gasteiger partial charge >= 0.3 is 0 Å². The second kappa shape index (κ2) is 7.77. The minimum Gasteiger partial charge on any atom is -0.342 e. The summed E-state index contributed by atoms with van der Waals surface area (Å²) >= 11 is 7.72. The summed E-state index contributed by atoms with van der Waals surface area (Å²) in [6, 6.07) is 2.06. The molecule has 22 heavy (non-hydrogen) atoms. The Morgan fingerprint density at radius 3 is 2.50 bits per heavy atom. The van der Waals surface area contributed by atoms with Gasteiger partial charge in [-0.15, -0.1) is 11.3 Å². The third-order valence-electron chi connectivity index (χ3n) is 4.50. The Kier molecular flexibility index (Phi) is 5.74. The van der Waals surface area contributed by atoms with Crippen LogP contribution in [0.4, 0.5) is 0 Å². The normalized spacial score (nSPS) is 21.2. The Labute approximate surface area is 141 Å². The van der Waals surface area contributed by atoms with Gasteiger partial charge in [0.1, 0.15) is 0 Å².